The zero-order valence-corrected chi connectivity index (χ0v) is 10.3. The minimum absolute atomic E-state index is 0.143. The van der Waals surface area contributed by atoms with Crippen LogP contribution in [-0.4, -0.2) is 8.42 Å². The number of benzene rings is 2. The molecule has 0 fully saturated rings. The van der Waals surface area contributed by atoms with Gasteiger partial charge in [0.2, 0.25) is 0 Å². The first kappa shape index (κ1) is 12.4. The van der Waals surface area contributed by atoms with E-state index in [1.165, 1.54) is 12.1 Å². The van der Waals surface area contributed by atoms with Gasteiger partial charge in [0.15, 0.2) is 0 Å². The maximum absolute atomic E-state index is 12.2. The molecule has 6 heteroatoms. The first-order valence-electron chi connectivity index (χ1n) is 5.22. The molecule has 0 saturated heterocycles. The number of nitrogens with zero attached hydrogens (tertiary/aromatic N) is 1. The SMILES string of the molecule is Nc1ccc(N(N)S(=O)(=O)c2ccccc2)cc1. The smallest absolute Gasteiger partial charge is 0.277 e. The van der Waals surface area contributed by atoms with Crippen molar-refractivity contribution in [2.24, 2.45) is 5.84 Å². The Hall–Kier alpha value is -2.05. The van der Waals surface area contributed by atoms with Crippen LogP contribution >= 0.6 is 0 Å². The minimum Gasteiger partial charge on any atom is -0.399 e. The molecule has 0 saturated carbocycles. The molecule has 0 aliphatic heterocycles. The van der Waals surface area contributed by atoms with E-state index in [1.807, 2.05) is 0 Å². The summed E-state index contributed by atoms with van der Waals surface area (Å²) in [6.45, 7) is 0. The van der Waals surface area contributed by atoms with E-state index in [0.29, 0.717) is 11.4 Å². The van der Waals surface area contributed by atoms with E-state index in [2.05, 4.69) is 0 Å². The molecule has 0 radical (unpaired) electrons. The molecule has 4 N–H and O–H groups in total. The van der Waals surface area contributed by atoms with Gasteiger partial charge in [-0.1, -0.05) is 18.2 Å². The molecule has 2 aromatic carbocycles. The summed E-state index contributed by atoms with van der Waals surface area (Å²) in [6.07, 6.45) is 0. The van der Waals surface area contributed by atoms with Gasteiger partial charge in [-0.25, -0.2) is 10.3 Å². The molecule has 0 aromatic heterocycles. The van der Waals surface area contributed by atoms with Crippen LogP contribution in [0.15, 0.2) is 59.5 Å². The van der Waals surface area contributed by atoms with Crippen LogP contribution in [0.3, 0.4) is 0 Å². The second-order valence-electron chi connectivity index (χ2n) is 3.71. The fourth-order valence-electron chi connectivity index (χ4n) is 1.47. The topological polar surface area (TPSA) is 89.4 Å². The number of rotatable bonds is 3. The Bertz CT molecular complexity index is 624. The number of hydrogen-bond acceptors (Lipinski definition) is 4. The summed E-state index contributed by atoms with van der Waals surface area (Å²) in [5.41, 5.74) is 6.44. The fourth-order valence-corrected chi connectivity index (χ4v) is 2.59. The quantitative estimate of drug-likeness (QED) is 0.497. The van der Waals surface area contributed by atoms with Gasteiger partial charge in [0.25, 0.3) is 10.0 Å². The van der Waals surface area contributed by atoms with Gasteiger partial charge >= 0.3 is 0 Å². The lowest BCUT2D eigenvalue weighted by Gasteiger charge is -2.18. The van der Waals surface area contributed by atoms with Crippen molar-refractivity contribution in [3.05, 3.63) is 54.6 Å². The van der Waals surface area contributed by atoms with Gasteiger partial charge < -0.3 is 5.73 Å². The number of sulfonamides is 1. The van der Waals surface area contributed by atoms with Crippen molar-refractivity contribution in [3.63, 3.8) is 0 Å². The van der Waals surface area contributed by atoms with Crippen molar-refractivity contribution in [2.75, 3.05) is 10.1 Å². The minimum atomic E-state index is -3.73. The molecule has 2 aromatic rings. The van der Waals surface area contributed by atoms with E-state index in [4.69, 9.17) is 11.6 Å². The van der Waals surface area contributed by atoms with E-state index in [9.17, 15) is 8.42 Å². The molecule has 0 bridgehead atoms. The van der Waals surface area contributed by atoms with Crippen LogP contribution in [0.25, 0.3) is 0 Å². The molecule has 0 heterocycles. The molecule has 94 valence electrons. The van der Waals surface area contributed by atoms with E-state index in [-0.39, 0.29) is 4.90 Å². The zero-order valence-electron chi connectivity index (χ0n) is 9.52. The summed E-state index contributed by atoms with van der Waals surface area (Å²) < 4.78 is 25.1. The first-order chi connectivity index (χ1) is 8.51. The normalized spacial score (nSPS) is 11.2. The van der Waals surface area contributed by atoms with Crippen molar-refractivity contribution in [3.8, 4) is 0 Å². The number of anilines is 2. The summed E-state index contributed by atoms with van der Waals surface area (Å²) in [4.78, 5) is 0.143. The third kappa shape index (κ3) is 2.29. The molecule has 0 amide bonds. The summed E-state index contributed by atoms with van der Waals surface area (Å²) in [5, 5.41) is 0. The Morgan fingerprint density at radius 2 is 1.44 bits per heavy atom. The van der Waals surface area contributed by atoms with E-state index >= 15 is 0 Å². The molecule has 18 heavy (non-hydrogen) atoms. The van der Waals surface area contributed by atoms with Gasteiger partial charge in [0, 0.05) is 5.69 Å². The maximum Gasteiger partial charge on any atom is 0.277 e. The van der Waals surface area contributed by atoms with Crippen LogP contribution in [0.1, 0.15) is 0 Å². The highest BCUT2D eigenvalue weighted by Crippen LogP contribution is 2.20. The van der Waals surface area contributed by atoms with Gasteiger partial charge in [-0.2, -0.15) is 8.42 Å². The first-order valence-corrected chi connectivity index (χ1v) is 6.66. The largest absolute Gasteiger partial charge is 0.399 e. The number of hydrazine groups is 1. The average Bonchev–Trinajstić information content (AvgIpc) is 2.40. The highest BCUT2D eigenvalue weighted by molar-refractivity contribution is 7.92. The molecule has 5 nitrogen and oxygen atoms in total. The molecule has 0 atom stereocenters. The molecular weight excluding hydrogens is 250 g/mol. The fraction of sp³-hybridized carbons (Fsp3) is 0. The van der Waals surface area contributed by atoms with Crippen molar-refractivity contribution < 1.29 is 8.42 Å². The Morgan fingerprint density at radius 3 is 2.00 bits per heavy atom. The van der Waals surface area contributed by atoms with Gasteiger partial charge in [-0.15, -0.1) is 0 Å². The number of nitrogens with two attached hydrogens (primary N) is 2. The third-order valence-corrected chi connectivity index (χ3v) is 4.04. The average molecular weight is 263 g/mol. The number of nitrogen functional groups attached to an aromatic ring is 1. The van der Waals surface area contributed by atoms with E-state index < -0.39 is 10.0 Å². The third-order valence-electron chi connectivity index (χ3n) is 2.45. The molecule has 0 spiro atoms. The van der Waals surface area contributed by atoms with Crippen LogP contribution in [0, 0.1) is 0 Å². The van der Waals surface area contributed by atoms with Crippen LogP contribution < -0.4 is 16.0 Å². The van der Waals surface area contributed by atoms with Crippen LogP contribution in [0.2, 0.25) is 0 Å². The Kier molecular flexibility index (Phi) is 3.22. The summed E-state index contributed by atoms with van der Waals surface area (Å²) in [5.74, 6) is 5.66. The standard InChI is InChI=1S/C12H13N3O2S/c13-10-6-8-11(9-7-10)15(14)18(16,17)12-4-2-1-3-5-12/h1-9H,13-14H2. The second kappa shape index (κ2) is 4.67. The van der Waals surface area contributed by atoms with Crippen molar-refractivity contribution in [1.82, 2.24) is 0 Å². The van der Waals surface area contributed by atoms with Crippen molar-refractivity contribution in [1.29, 1.82) is 0 Å². The molecule has 0 unspecified atom stereocenters. The predicted molar refractivity (Wildman–Crippen MR) is 71.1 cm³/mol. The lowest BCUT2D eigenvalue weighted by atomic mass is 10.3. The number of hydrogen-bond donors (Lipinski definition) is 2. The lowest BCUT2D eigenvalue weighted by molar-refractivity contribution is 0.592. The van der Waals surface area contributed by atoms with E-state index in [0.717, 1.165) is 4.41 Å². The van der Waals surface area contributed by atoms with Gasteiger partial charge in [-0.3, -0.25) is 0 Å². The molecule has 2 rings (SSSR count). The summed E-state index contributed by atoms with van der Waals surface area (Å²) in [7, 11) is -3.73. The molecule has 0 aliphatic carbocycles. The Morgan fingerprint density at radius 1 is 0.889 bits per heavy atom. The van der Waals surface area contributed by atoms with Crippen molar-refractivity contribution >= 4 is 21.4 Å². The van der Waals surface area contributed by atoms with Crippen LogP contribution in [0.4, 0.5) is 11.4 Å². The second-order valence-corrected chi connectivity index (χ2v) is 5.52. The molecular formula is C12H13N3O2S. The zero-order chi connectivity index (χ0) is 13.2. The monoisotopic (exact) mass is 263 g/mol. The van der Waals surface area contributed by atoms with Gasteiger partial charge in [-0.05, 0) is 36.4 Å². The Balaban J connectivity index is 2.39. The van der Waals surface area contributed by atoms with Gasteiger partial charge in [0.1, 0.15) is 0 Å². The summed E-state index contributed by atoms with van der Waals surface area (Å²) >= 11 is 0. The lowest BCUT2D eigenvalue weighted by Crippen LogP contribution is -2.37. The summed E-state index contributed by atoms with van der Waals surface area (Å²) in [6, 6.07) is 14.3. The van der Waals surface area contributed by atoms with Crippen molar-refractivity contribution in [2.45, 2.75) is 4.90 Å². The van der Waals surface area contributed by atoms with Crippen LogP contribution in [0.5, 0.6) is 0 Å². The maximum atomic E-state index is 12.2. The van der Waals surface area contributed by atoms with Crippen LogP contribution in [-0.2, 0) is 10.0 Å². The predicted octanol–water partition coefficient (Wildman–Crippen LogP) is 1.34. The Labute approximate surface area is 106 Å². The molecule has 0 aliphatic rings. The highest BCUT2D eigenvalue weighted by atomic mass is 32.2. The van der Waals surface area contributed by atoms with Gasteiger partial charge in [0.05, 0.1) is 10.6 Å². The van der Waals surface area contributed by atoms with E-state index in [1.54, 1.807) is 42.5 Å². The highest BCUT2D eigenvalue weighted by Gasteiger charge is 2.21.